The normalized spacial score (nSPS) is 11.1. The first-order valence-corrected chi connectivity index (χ1v) is 16.4. The summed E-state index contributed by atoms with van der Waals surface area (Å²) in [6, 6.07) is 58.6. The second-order valence-corrected chi connectivity index (χ2v) is 12.6. The van der Waals surface area contributed by atoms with Gasteiger partial charge in [0.1, 0.15) is 0 Å². The molecule has 8 aromatic carbocycles. The lowest BCUT2D eigenvalue weighted by Crippen LogP contribution is -1.95. The van der Waals surface area contributed by atoms with Crippen LogP contribution in [0.25, 0.3) is 88.3 Å². The Labute approximate surface area is 289 Å². The monoisotopic (exact) mass is 631 g/mol. The SMILES string of the molecule is N#Cc1ccc(-c2c3c(c(-c4ccc(-c5ccccc5)cc4)c4cc(-c5cccc(C#N)c5)ccc24)-c2ccc(C#N)c4cccc-3c24)cc1. The summed E-state index contributed by atoms with van der Waals surface area (Å²) in [5, 5.41) is 33.6. The summed E-state index contributed by atoms with van der Waals surface area (Å²) in [6.45, 7) is 0. The van der Waals surface area contributed by atoms with Gasteiger partial charge in [-0.2, -0.15) is 15.8 Å². The average Bonchev–Trinajstić information content (AvgIpc) is 3.52. The summed E-state index contributed by atoms with van der Waals surface area (Å²) in [6.07, 6.45) is 0. The summed E-state index contributed by atoms with van der Waals surface area (Å²) in [5.41, 5.74) is 14.9. The molecule has 50 heavy (non-hydrogen) atoms. The number of hydrogen-bond donors (Lipinski definition) is 0. The van der Waals surface area contributed by atoms with Crippen molar-refractivity contribution in [1.29, 1.82) is 15.8 Å². The fourth-order valence-corrected chi connectivity index (χ4v) is 7.67. The number of rotatable bonds is 4. The quantitative estimate of drug-likeness (QED) is 0.194. The standard InChI is InChI=1S/C47H25N3/c48-26-29-12-14-33(15-13-29)43-39-22-20-36(35-9-4-6-30(24-35)27-49)25-42(39)44(34-18-16-32(17-19-34)31-7-2-1-3-8-31)47-41-23-21-37(28-50)38-10-5-11-40(45(38)41)46(43)47/h1-25H. The van der Waals surface area contributed by atoms with E-state index in [1.54, 1.807) is 0 Å². The minimum Gasteiger partial charge on any atom is -0.192 e. The lowest BCUT2D eigenvalue weighted by molar-refractivity contribution is 1.48. The van der Waals surface area contributed by atoms with Gasteiger partial charge in [-0.05, 0) is 119 Å². The Kier molecular flexibility index (Phi) is 6.64. The van der Waals surface area contributed by atoms with E-state index in [1.807, 2.05) is 72.8 Å². The zero-order chi connectivity index (χ0) is 33.8. The highest BCUT2D eigenvalue weighted by molar-refractivity contribution is 6.28. The molecule has 1 aliphatic rings. The molecule has 3 heteroatoms. The molecule has 0 unspecified atom stereocenters. The number of nitrogens with zero attached hydrogens (tertiary/aromatic N) is 3. The molecule has 3 nitrogen and oxygen atoms in total. The fourth-order valence-electron chi connectivity index (χ4n) is 7.67. The molecular weight excluding hydrogens is 607 g/mol. The van der Waals surface area contributed by atoms with Crippen LogP contribution in [0.4, 0.5) is 0 Å². The number of fused-ring (bicyclic) bond motifs is 4. The van der Waals surface area contributed by atoms with Gasteiger partial charge in [0.05, 0.1) is 34.9 Å². The van der Waals surface area contributed by atoms with Gasteiger partial charge in [0.15, 0.2) is 0 Å². The molecule has 1 aliphatic carbocycles. The maximum atomic E-state index is 10.1. The van der Waals surface area contributed by atoms with Crippen molar-refractivity contribution in [3.63, 3.8) is 0 Å². The van der Waals surface area contributed by atoms with Crippen LogP contribution in [0.3, 0.4) is 0 Å². The van der Waals surface area contributed by atoms with E-state index in [1.165, 1.54) is 0 Å². The summed E-state index contributed by atoms with van der Waals surface area (Å²) in [7, 11) is 0. The Morgan fingerprint density at radius 3 is 1.62 bits per heavy atom. The van der Waals surface area contributed by atoms with E-state index in [9.17, 15) is 15.8 Å². The Balaban J connectivity index is 1.43. The average molecular weight is 632 g/mol. The van der Waals surface area contributed by atoms with Crippen LogP contribution in [-0.2, 0) is 0 Å². The van der Waals surface area contributed by atoms with Crippen molar-refractivity contribution in [3.8, 4) is 85.0 Å². The maximum absolute atomic E-state index is 10.1. The van der Waals surface area contributed by atoms with Gasteiger partial charge in [-0.1, -0.05) is 115 Å². The first-order chi connectivity index (χ1) is 24.7. The molecule has 0 bridgehead atoms. The molecule has 8 aromatic rings. The Hall–Kier alpha value is -7.25. The molecule has 228 valence electrons. The molecule has 0 saturated carbocycles. The van der Waals surface area contributed by atoms with Gasteiger partial charge in [-0.3, -0.25) is 0 Å². The Morgan fingerprint density at radius 2 is 0.900 bits per heavy atom. The summed E-state index contributed by atoms with van der Waals surface area (Å²) in [5.74, 6) is 0. The van der Waals surface area contributed by atoms with E-state index in [0.29, 0.717) is 16.7 Å². The highest BCUT2D eigenvalue weighted by Crippen LogP contribution is 2.58. The van der Waals surface area contributed by atoms with Crippen LogP contribution in [0.2, 0.25) is 0 Å². The van der Waals surface area contributed by atoms with E-state index in [-0.39, 0.29) is 0 Å². The van der Waals surface area contributed by atoms with Crippen molar-refractivity contribution in [1.82, 2.24) is 0 Å². The lowest BCUT2D eigenvalue weighted by atomic mass is 9.81. The van der Waals surface area contributed by atoms with Gasteiger partial charge >= 0.3 is 0 Å². The second-order valence-electron chi connectivity index (χ2n) is 12.6. The smallest absolute Gasteiger partial charge is 0.0998 e. The van der Waals surface area contributed by atoms with Crippen molar-refractivity contribution in [3.05, 3.63) is 168 Å². The first kappa shape index (κ1) is 28.9. The molecule has 0 atom stereocenters. The highest BCUT2D eigenvalue weighted by Gasteiger charge is 2.31. The van der Waals surface area contributed by atoms with Crippen LogP contribution in [0.1, 0.15) is 16.7 Å². The van der Waals surface area contributed by atoms with E-state index in [2.05, 4.69) is 97.1 Å². The minimum absolute atomic E-state index is 0.605. The molecule has 0 saturated heterocycles. The van der Waals surface area contributed by atoms with Crippen LogP contribution >= 0.6 is 0 Å². The molecule has 0 aliphatic heterocycles. The fraction of sp³-hybridized carbons (Fsp3) is 0. The van der Waals surface area contributed by atoms with Crippen molar-refractivity contribution in [2.45, 2.75) is 0 Å². The second kappa shape index (κ2) is 11.5. The first-order valence-electron chi connectivity index (χ1n) is 16.4. The number of benzene rings is 8. The highest BCUT2D eigenvalue weighted by atomic mass is 14.3. The van der Waals surface area contributed by atoms with Gasteiger partial charge in [0.25, 0.3) is 0 Å². The third kappa shape index (κ3) is 4.42. The molecule has 0 fully saturated rings. The van der Waals surface area contributed by atoms with Crippen molar-refractivity contribution in [2.24, 2.45) is 0 Å². The summed E-state index contributed by atoms with van der Waals surface area (Å²) >= 11 is 0. The molecule has 0 aromatic heterocycles. The summed E-state index contributed by atoms with van der Waals surface area (Å²) < 4.78 is 0. The summed E-state index contributed by atoms with van der Waals surface area (Å²) in [4.78, 5) is 0. The zero-order valence-electron chi connectivity index (χ0n) is 26.8. The van der Waals surface area contributed by atoms with Crippen LogP contribution in [-0.4, -0.2) is 0 Å². The topological polar surface area (TPSA) is 71.4 Å². The predicted octanol–water partition coefficient (Wildman–Crippen LogP) is 11.9. The van der Waals surface area contributed by atoms with Crippen LogP contribution in [0.15, 0.2) is 152 Å². The maximum Gasteiger partial charge on any atom is 0.0998 e. The third-order valence-electron chi connectivity index (χ3n) is 9.92. The van der Waals surface area contributed by atoms with Gasteiger partial charge in [0, 0.05) is 5.39 Å². The van der Waals surface area contributed by atoms with Crippen molar-refractivity contribution in [2.75, 3.05) is 0 Å². The van der Waals surface area contributed by atoms with Gasteiger partial charge in [0.2, 0.25) is 0 Å². The van der Waals surface area contributed by atoms with E-state index >= 15 is 0 Å². The zero-order valence-corrected chi connectivity index (χ0v) is 26.8. The van der Waals surface area contributed by atoms with E-state index in [0.717, 1.165) is 88.3 Å². The third-order valence-corrected chi connectivity index (χ3v) is 9.92. The van der Waals surface area contributed by atoms with Gasteiger partial charge in [-0.15, -0.1) is 0 Å². The Morgan fingerprint density at radius 1 is 0.320 bits per heavy atom. The molecule has 0 amide bonds. The predicted molar refractivity (Wildman–Crippen MR) is 202 cm³/mol. The van der Waals surface area contributed by atoms with Crippen LogP contribution in [0, 0.1) is 34.0 Å². The number of hydrogen-bond acceptors (Lipinski definition) is 3. The van der Waals surface area contributed by atoms with Crippen LogP contribution in [0.5, 0.6) is 0 Å². The van der Waals surface area contributed by atoms with Crippen molar-refractivity contribution < 1.29 is 0 Å². The van der Waals surface area contributed by atoms with Gasteiger partial charge in [-0.25, -0.2) is 0 Å². The minimum atomic E-state index is 0.605. The largest absolute Gasteiger partial charge is 0.192 e. The molecular formula is C47H25N3. The van der Waals surface area contributed by atoms with E-state index < -0.39 is 0 Å². The lowest BCUT2D eigenvalue weighted by Gasteiger charge is -2.21. The molecule has 0 heterocycles. The Bertz CT molecular complexity index is 2810. The molecule has 9 rings (SSSR count). The van der Waals surface area contributed by atoms with Gasteiger partial charge < -0.3 is 0 Å². The number of nitriles is 3. The van der Waals surface area contributed by atoms with Crippen molar-refractivity contribution >= 4 is 21.5 Å². The molecule has 0 N–H and O–H groups in total. The molecule has 0 spiro atoms. The molecule has 0 radical (unpaired) electrons. The van der Waals surface area contributed by atoms with Crippen LogP contribution < -0.4 is 0 Å². The van der Waals surface area contributed by atoms with E-state index in [4.69, 9.17) is 0 Å².